The second kappa shape index (κ2) is 5.08. The van der Waals surface area contributed by atoms with E-state index in [0.717, 1.165) is 12.0 Å². The molecule has 0 bridgehead atoms. The molecule has 0 spiro atoms. The first kappa shape index (κ1) is 13.7. The third-order valence-electron chi connectivity index (χ3n) is 3.20. The predicted molar refractivity (Wildman–Crippen MR) is 74.7 cm³/mol. The minimum absolute atomic E-state index is 0.308. The van der Waals surface area contributed by atoms with Crippen molar-refractivity contribution in [2.45, 2.75) is 39.7 Å². The first-order chi connectivity index (χ1) is 8.93. The summed E-state index contributed by atoms with van der Waals surface area (Å²) in [7, 11) is 0. The average molecular weight is 260 g/mol. The Morgan fingerprint density at radius 1 is 1.47 bits per heavy atom. The lowest BCUT2D eigenvalue weighted by Gasteiger charge is -2.35. The molecule has 3 heteroatoms. The number of carbonyl (C=O) groups excluding carboxylic acids is 1. The van der Waals surface area contributed by atoms with E-state index in [9.17, 15) is 4.79 Å². The molecule has 0 saturated heterocycles. The SMILES string of the molecule is CCOC(=O)/C=C1\OC(C)(C)Cc2c(C)cccc21. The van der Waals surface area contributed by atoms with Crippen LogP contribution in [-0.2, 0) is 20.7 Å². The highest BCUT2D eigenvalue weighted by molar-refractivity contribution is 5.90. The first-order valence-electron chi connectivity index (χ1n) is 6.59. The molecule has 0 aromatic heterocycles. The fourth-order valence-corrected chi connectivity index (χ4v) is 2.38. The maximum absolute atomic E-state index is 11.6. The molecule has 102 valence electrons. The molecule has 0 saturated carbocycles. The Kier molecular flexibility index (Phi) is 3.65. The molecule has 0 amide bonds. The zero-order valence-electron chi connectivity index (χ0n) is 11.9. The third-order valence-corrected chi connectivity index (χ3v) is 3.20. The largest absolute Gasteiger partial charge is 0.487 e. The molecule has 0 atom stereocenters. The molecule has 0 radical (unpaired) electrons. The van der Waals surface area contributed by atoms with E-state index in [1.807, 2.05) is 26.0 Å². The standard InChI is InChI=1S/C16H20O3/c1-5-18-15(17)9-14-12-8-6-7-11(2)13(12)10-16(3,4)19-14/h6-9H,5,10H2,1-4H3/b14-9-. The van der Waals surface area contributed by atoms with Crippen LogP contribution in [0.3, 0.4) is 0 Å². The third kappa shape index (κ3) is 2.98. The number of esters is 1. The number of ether oxygens (including phenoxy) is 2. The molecule has 0 fully saturated rings. The number of rotatable bonds is 2. The van der Waals surface area contributed by atoms with Crippen molar-refractivity contribution in [2.75, 3.05) is 6.61 Å². The Balaban J connectivity index is 2.46. The summed E-state index contributed by atoms with van der Waals surface area (Å²) in [5, 5.41) is 0. The van der Waals surface area contributed by atoms with Crippen LogP contribution >= 0.6 is 0 Å². The molecule has 1 aromatic rings. The number of hydrogen-bond acceptors (Lipinski definition) is 3. The van der Waals surface area contributed by atoms with Crippen molar-refractivity contribution < 1.29 is 14.3 Å². The van der Waals surface area contributed by atoms with Crippen LogP contribution in [0.1, 0.15) is 37.5 Å². The van der Waals surface area contributed by atoms with E-state index < -0.39 is 0 Å². The summed E-state index contributed by atoms with van der Waals surface area (Å²) in [6, 6.07) is 6.06. The van der Waals surface area contributed by atoms with Gasteiger partial charge >= 0.3 is 5.97 Å². The van der Waals surface area contributed by atoms with Crippen molar-refractivity contribution in [3.8, 4) is 0 Å². The van der Waals surface area contributed by atoms with E-state index in [0.29, 0.717) is 12.4 Å². The maximum Gasteiger partial charge on any atom is 0.334 e. The quantitative estimate of drug-likeness (QED) is 0.605. The van der Waals surface area contributed by atoms with Gasteiger partial charge in [-0.1, -0.05) is 18.2 Å². The van der Waals surface area contributed by atoms with Crippen LogP contribution in [0.5, 0.6) is 0 Å². The first-order valence-corrected chi connectivity index (χ1v) is 6.59. The molecule has 3 nitrogen and oxygen atoms in total. The Hall–Kier alpha value is -1.77. The van der Waals surface area contributed by atoms with Gasteiger partial charge in [0.2, 0.25) is 0 Å². The Morgan fingerprint density at radius 2 is 2.21 bits per heavy atom. The van der Waals surface area contributed by atoms with Gasteiger partial charge in [-0.25, -0.2) is 4.79 Å². The molecule has 1 aliphatic rings. The Labute approximate surface area is 114 Å². The number of carbonyl (C=O) groups is 1. The second-order valence-electron chi connectivity index (χ2n) is 5.40. The summed E-state index contributed by atoms with van der Waals surface area (Å²) >= 11 is 0. The van der Waals surface area contributed by atoms with Gasteiger partial charge in [0, 0.05) is 12.0 Å². The highest BCUT2D eigenvalue weighted by atomic mass is 16.5. The zero-order valence-corrected chi connectivity index (χ0v) is 11.9. The van der Waals surface area contributed by atoms with Crippen molar-refractivity contribution >= 4 is 11.7 Å². The Morgan fingerprint density at radius 3 is 2.89 bits per heavy atom. The van der Waals surface area contributed by atoms with E-state index in [-0.39, 0.29) is 11.6 Å². The zero-order chi connectivity index (χ0) is 14.0. The number of benzene rings is 1. The minimum Gasteiger partial charge on any atom is -0.487 e. The van der Waals surface area contributed by atoms with E-state index in [1.54, 1.807) is 6.92 Å². The summed E-state index contributed by atoms with van der Waals surface area (Å²) in [6.07, 6.45) is 2.29. The lowest BCUT2D eigenvalue weighted by atomic mass is 9.87. The summed E-state index contributed by atoms with van der Waals surface area (Å²) < 4.78 is 10.9. The predicted octanol–water partition coefficient (Wildman–Crippen LogP) is 3.25. The van der Waals surface area contributed by atoms with Crippen LogP contribution in [0.4, 0.5) is 0 Å². The second-order valence-corrected chi connectivity index (χ2v) is 5.40. The van der Waals surface area contributed by atoms with E-state index in [2.05, 4.69) is 13.0 Å². The fraction of sp³-hybridized carbons (Fsp3) is 0.438. The molecule has 0 unspecified atom stereocenters. The van der Waals surface area contributed by atoms with Crippen molar-refractivity contribution in [2.24, 2.45) is 0 Å². The topological polar surface area (TPSA) is 35.5 Å². The monoisotopic (exact) mass is 260 g/mol. The summed E-state index contributed by atoms with van der Waals surface area (Å²) in [5.74, 6) is 0.246. The van der Waals surface area contributed by atoms with Crippen LogP contribution in [-0.4, -0.2) is 18.2 Å². The van der Waals surface area contributed by atoms with Gasteiger partial charge in [0.1, 0.15) is 11.4 Å². The van der Waals surface area contributed by atoms with E-state index >= 15 is 0 Å². The van der Waals surface area contributed by atoms with Gasteiger partial charge in [0.15, 0.2) is 0 Å². The van der Waals surface area contributed by atoms with Gasteiger partial charge in [-0.15, -0.1) is 0 Å². The molecule has 1 aliphatic heterocycles. The van der Waals surface area contributed by atoms with Crippen LogP contribution in [0.25, 0.3) is 5.76 Å². The Bertz CT molecular complexity index is 527. The molecular weight excluding hydrogens is 240 g/mol. The maximum atomic E-state index is 11.6. The fourth-order valence-electron chi connectivity index (χ4n) is 2.38. The summed E-state index contributed by atoms with van der Waals surface area (Å²) in [6.45, 7) is 8.30. The van der Waals surface area contributed by atoms with Crippen molar-refractivity contribution in [3.63, 3.8) is 0 Å². The minimum atomic E-state index is -0.359. The van der Waals surface area contributed by atoms with Gasteiger partial charge in [-0.2, -0.15) is 0 Å². The molecule has 0 aliphatic carbocycles. The summed E-state index contributed by atoms with van der Waals surface area (Å²) in [5.41, 5.74) is 3.16. The highest BCUT2D eigenvalue weighted by Gasteiger charge is 2.31. The summed E-state index contributed by atoms with van der Waals surface area (Å²) in [4.78, 5) is 11.6. The normalized spacial score (nSPS) is 18.6. The number of fused-ring (bicyclic) bond motifs is 1. The van der Waals surface area contributed by atoms with Crippen molar-refractivity contribution in [1.29, 1.82) is 0 Å². The highest BCUT2D eigenvalue weighted by Crippen LogP contribution is 2.36. The van der Waals surface area contributed by atoms with Crippen LogP contribution in [0.2, 0.25) is 0 Å². The number of hydrogen-bond donors (Lipinski definition) is 0. The smallest absolute Gasteiger partial charge is 0.334 e. The number of aryl methyl sites for hydroxylation is 1. The van der Waals surface area contributed by atoms with Gasteiger partial charge in [-0.3, -0.25) is 0 Å². The molecule has 1 aromatic carbocycles. The molecular formula is C16H20O3. The van der Waals surface area contributed by atoms with E-state index in [1.165, 1.54) is 17.2 Å². The van der Waals surface area contributed by atoms with Gasteiger partial charge < -0.3 is 9.47 Å². The van der Waals surface area contributed by atoms with E-state index in [4.69, 9.17) is 9.47 Å². The van der Waals surface area contributed by atoms with Crippen LogP contribution < -0.4 is 0 Å². The van der Waals surface area contributed by atoms with Crippen LogP contribution in [0, 0.1) is 6.92 Å². The van der Waals surface area contributed by atoms with Crippen molar-refractivity contribution in [3.05, 3.63) is 41.0 Å². The van der Waals surface area contributed by atoms with Crippen molar-refractivity contribution in [1.82, 2.24) is 0 Å². The molecule has 1 heterocycles. The van der Waals surface area contributed by atoms with Gasteiger partial charge in [-0.05, 0) is 38.8 Å². The van der Waals surface area contributed by atoms with Gasteiger partial charge in [0.05, 0.1) is 12.7 Å². The van der Waals surface area contributed by atoms with Gasteiger partial charge in [0.25, 0.3) is 0 Å². The van der Waals surface area contributed by atoms with Crippen LogP contribution in [0.15, 0.2) is 24.3 Å². The molecule has 2 rings (SSSR count). The molecule has 0 N–H and O–H groups in total. The lowest BCUT2D eigenvalue weighted by molar-refractivity contribution is -0.137. The average Bonchev–Trinajstić information content (AvgIpc) is 2.30. The molecule has 19 heavy (non-hydrogen) atoms. The lowest BCUT2D eigenvalue weighted by Crippen LogP contribution is -2.32.